The molecule has 140 valence electrons. The molecule has 0 radical (unpaired) electrons. The van der Waals surface area contributed by atoms with Crippen LogP contribution in [-0.2, 0) is 6.42 Å². The number of hydrogen-bond donors (Lipinski definition) is 0. The zero-order valence-corrected chi connectivity index (χ0v) is 17.3. The van der Waals surface area contributed by atoms with Crippen LogP contribution in [0.15, 0.2) is 60.7 Å². The van der Waals surface area contributed by atoms with Crippen LogP contribution in [0.4, 0.5) is 0 Å². The van der Waals surface area contributed by atoms with Crippen molar-refractivity contribution < 1.29 is 0 Å². The number of hydrogen-bond acceptors (Lipinski definition) is 0. The van der Waals surface area contributed by atoms with Crippen molar-refractivity contribution >= 4 is 0 Å². The topological polar surface area (TPSA) is 0 Å². The highest BCUT2D eigenvalue weighted by Gasteiger charge is 2.10. The molecule has 0 aliphatic rings. The Morgan fingerprint density at radius 1 is 0.593 bits per heavy atom. The normalized spacial score (nSPS) is 11.0. The zero-order chi connectivity index (χ0) is 19.2. The molecular formula is C27H32. The maximum atomic E-state index is 2.32. The Bertz CT molecular complexity index is 867. The fourth-order valence-electron chi connectivity index (χ4n) is 3.80. The van der Waals surface area contributed by atoms with Gasteiger partial charge < -0.3 is 0 Å². The van der Waals surface area contributed by atoms with Crippen LogP contribution in [0.2, 0.25) is 0 Å². The van der Waals surface area contributed by atoms with Crippen LogP contribution in [0.3, 0.4) is 0 Å². The number of unbranched alkanes of at least 4 members (excludes halogenated alkanes) is 3. The lowest BCUT2D eigenvalue weighted by Crippen LogP contribution is -1.92. The maximum Gasteiger partial charge on any atom is -0.0146 e. The third-order valence-corrected chi connectivity index (χ3v) is 5.50. The zero-order valence-electron chi connectivity index (χ0n) is 17.3. The van der Waals surface area contributed by atoms with E-state index in [1.54, 1.807) is 0 Å². The van der Waals surface area contributed by atoms with Crippen molar-refractivity contribution in [1.82, 2.24) is 0 Å². The molecule has 0 N–H and O–H groups in total. The summed E-state index contributed by atoms with van der Waals surface area (Å²) in [4.78, 5) is 0. The number of benzene rings is 3. The molecule has 0 heterocycles. The van der Waals surface area contributed by atoms with E-state index in [0.29, 0.717) is 0 Å². The molecule has 3 rings (SSSR count). The van der Waals surface area contributed by atoms with E-state index in [1.165, 1.54) is 76.6 Å². The molecule has 0 heteroatoms. The first-order valence-electron chi connectivity index (χ1n) is 10.4. The van der Waals surface area contributed by atoms with Crippen LogP contribution in [0.1, 0.15) is 54.9 Å². The summed E-state index contributed by atoms with van der Waals surface area (Å²) in [7, 11) is 0. The molecular weight excluding hydrogens is 324 g/mol. The number of rotatable bonds is 7. The SMILES string of the molecule is CCCCCCc1ccc(-c2cc(C)cc(-c3ccc(C)cc3)c2C)cc1. The molecule has 0 saturated carbocycles. The lowest BCUT2D eigenvalue weighted by molar-refractivity contribution is 0.667. The Kier molecular flexibility index (Phi) is 6.50. The average Bonchev–Trinajstić information content (AvgIpc) is 2.68. The highest BCUT2D eigenvalue weighted by atomic mass is 14.1. The smallest absolute Gasteiger partial charge is 0.0146 e. The largest absolute Gasteiger partial charge is 0.0654 e. The van der Waals surface area contributed by atoms with Gasteiger partial charge in [-0.2, -0.15) is 0 Å². The standard InChI is InChI=1S/C27H32/c1-5-6-7-8-9-23-12-16-25(17-13-23)27-19-21(3)18-26(22(27)4)24-14-10-20(2)11-15-24/h10-19H,5-9H2,1-4H3. The van der Waals surface area contributed by atoms with Gasteiger partial charge in [-0.15, -0.1) is 0 Å². The van der Waals surface area contributed by atoms with Crippen molar-refractivity contribution in [2.75, 3.05) is 0 Å². The maximum absolute atomic E-state index is 2.32. The third kappa shape index (κ3) is 4.89. The van der Waals surface area contributed by atoms with E-state index in [1.807, 2.05) is 0 Å². The molecule has 0 amide bonds. The van der Waals surface area contributed by atoms with Gasteiger partial charge in [-0.05, 0) is 72.6 Å². The van der Waals surface area contributed by atoms with Gasteiger partial charge in [-0.3, -0.25) is 0 Å². The van der Waals surface area contributed by atoms with Crippen LogP contribution >= 0.6 is 0 Å². The summed E-state index contributed by atoms with van der Waals surface area (Å²) in [5, 5.41) is 0. The van der Waals surface area contributed by atoms with Crippen molar-refractivity contribution in [3.63, 3.8) is 0 Å². The second kappa shape index (κ2) is 9.04. The summed E-state index contributed by atoms with van der Waals surface area (Å²) in [6.07, 6.45) is 6.49. The summed E-state index contributed by atoms with van der Waals surface area (Å²) < 4.78 is 0. The van der Waals surface area contributed by atoms with Gasteiger partial charge in [0.2, 0.25) is 0 Å². The van der Waals surface area contributed by atoms with Gasteiger partial charge in [0.15, 0.2) is 0 Å². The van der Waals surface area contributed by atoms with Gasteiger partial charge in [0, 0.05) is 0 Å². The van der Waals surface area contributed by atoms with Gasteiger partial charge in [0.1, 0.15) is 0 Å². The summed E-state index contributed by atoms with van der Waals surface area (Å²) in [5.74, 6) is 0. The highest BCUT2D eigenvalue weighted by Crippen LogP contribution is 2.33. The van der Waals surface area contributed by atoms with Gasteiger partial charge in [0.25, 0.3) is 0 Å². The van der Waals surface area contributed by atoms with E-state index in [9.17, 15) is 0 Å². The number of aryl methyl sites for hydroxylation is 3. The molecule has 0 aliphatic heterocycles. The Balaban J connectivity index is 1.87. The predicted molar refractivity (Wildman–Crippen MR) is 119 cm³/mol. The molecule has 0 nitrogen and oxygen atoms in total. The second-order valence-corrected chi connectivity index (χ2v) is 7.86. The molecule has 0 atom stereocenters. The summed E-state index contributed by atoms with van der Waals surface area (Å²) in [6, 6.07) is 22.7. The van der Waals surface area contributed by atoms with E-state index in [0.717, 1.165) is 0 Å². The lowest BCUT2D eigenvalue weighted by Gasteiger charge is -2.15. The first-order chi connectivity index (χ1) is 13.1. The minimum absolute atomic E-state index is 1.20. The molecule has 0 spiro atoms. The van der Waals surface area contributed by atoms with Crippen LogP contribution < -0.4 is 0 Å². The summed E-state index contributed by atoms with van der Waals surface area (Å²) in [5.41, 5.74) is 10.8. The minimum atomic E-state index is 1.20. The highest BCUT2D eigenvalue weighted by molar-refractivity contribution is 5.79. The summed E-state index contributed by atoms with van der Waals surface area (Å²) >= 11 is 0. The molecule has 0 aliphatic carbocycles. The van der Waals surface area contributed by atoms with Gasteiger partial charge in [-0.1, -0.05) is 92.4 Å². The Labute approximate surface area is 165 Å². The van der Waals surface area contributed by atoms with Crippen LogP contribution in [0.25, 0.3) is 22.3 Å². The Morgan fingerprint density at radius 3 is 1.70 bits per heavy atom. The van der Waals surface area contributed by atoms with Crippen LogP contribution in [0, 0.1) is 20.8 Å². The van der Waals surface area contributed by atoms with Gasteiger partial charge in [-0.25, -0.2) is 0 Å². The second-order valence-electron chi connectivity index (χ2n) is 7.86. The van der Waals surface area contributed by atoms with Crippen LogP contribution in [-0.4, -0.2) is 0 Å². The van der Waals surface area contributed by atoms with Crippen LogP contribution in [0.5, 0.6) is 0 Å². The van der Waals surface area contributed by atoms with E-state index in [2.05, 4.69) is 88.4 Å². The average molecular weight is 357 g/mol. The quantitative estimate of drug-likeness (QED) is 0.375. The lowest BCUT2D eigenvalue weighted by atomic mass is 9.90. The first kappa shape index (κ1) is 19.4. The molecule has 0 unspecified atom stereocenters. The Hall–Kier alpha value is -2.34. The van der Waals surface area contributed by atoms with Crippen molar-refractivity contribution in [2.24, 2.45) is 0 Å². The van der Waals surface area contributed by atoms with Crippen molar-refractivity contribution in [3.8, 4) is 22.3 Å². The summed E-state index contributed by atoms with van der Waals surface area (Å²) in [6.45, 7) is 8.86. The third-order valence-electron chi connectivity index (χ3n) is 5.50. The van der Waals surface area contributed by atoms with Gasteiger partial charge >= 0.3 is 0 Å². The molecule has 0 fully saturated rings. The van der Waals surface area contributed by atoms with E-state index in [-0.39, 0.29) is 0 Å². The van der Waals surface area contributed by atoms with Crippen molar-refractivity contribution in [3.05, 3.63) is 82.9 Å². The monoisotopic (exact) mass is 356 g/mol. The first-order valence-corrected chi connectivity index (χ1v) is 10.4. The van der Waals surface area contributed by atoms with Gasteiger partial charge in [0.05, 0.1) is 0 Å². The molecule has 0 bridgehead atoms. The fraction of sp³-hybridized carbons (Fsp3) is 0.333. The van der Waals surface area contributed by atoms with Crippen molar-refractivity contribution in [1.29, 1.82) is 0 Å². The van der Waals surface area contributed by atoms with Crippen molar-refractivity contribution in [2.45, 2.75) is 59.8 Å². The predicted octanol–water partition coefficient (Wildman–Crippen LogP) is 8.07. The molecule has 3 aromatic rings. The molecule has 0 aromatic heterocycles. The van der Waals surface area contributed by atoms with E-state index in [4.69, 9.17) is 0 Å². The molecule has 27 heavy (non-hydrogen) atoms. The molecule has 3 aromatic carbocycles. The minimum Gasteiger partial charge on any atom is -0.0654 e. The fourth-order valence-corrected chi connectivity index (χ4v) is 3.80. The molecule has 0 saturated heterocycles. The van der Waals surface area contributed by atoms with E-state index >= 15 is 0 Å². The van der Waals surface area contributed by atoms with E-state index < -0.39 is 0 Å². The Morgan fingerprint density at radius 2 is 1.15 bits per heavy atom.